The molecule has 2 N–H and O–H groups in total. The molecule has 0 aliphatic carbocycles. The molecule has 1 atom stereocenters. The first kappa shape index (κ1) is 21.2. The maximum absolute atomic E-state index is 13.2. The lowest BCUT2D eigenvalue weighted by Gasteiger charge is -2.30. The Morgan fingerprint density at radius 2 is 1.87 bits per heavy atom. The first-order valence-corrected chi connectivity index (χ1v) is 9.72. The van der Waals surface area contributed by atoms with Crippen molar-refractivity contribution in [1.82, 2.24) is 5.32 Å². The molecule has 0 bridgehead atoms. The van der Waals surface area contributed by atoms with Crippen molar-refractivity contribution in [2.45, 2.75) is 26.4 Å². The van der Waals surface area contributed by atoms with E-state index in [4.69, 9.17) is 22.1 Å². The van der Waals surface area contributed by atoms with Crippen LogP contribution in [0.5, 0.6) is 5.75 Å². The van der Waals surface area contributed by atoms with E-state index in [0.29, 0.717) is 17.7 Å². The second kappa shape index (κ2) is 8.87. The fraction of sp³-hybridized carbons (Fsp3) is 0.182. The average molecular weight is 424 g/mol. The number of carbonyl (C=O) groups is 3. The van der Waals surface area contributed by atoms with Gasteiger partial charge >= 0.3 is 5.97 Å². The minimum Gasteiger partial charge on any atom is -0.479 e. The van der Waals surface area contributed by atoms with Crippen molar-refractivity contribution in [2.24, 2.45) is 0 Å². The Morgan fingerprint density at radius 3 is 2.57 bits per heavy atom. The van der Waals surface area contributed by atoms with Gasteiger partial charge in [0.1, 0.15) is 11.3 Å². The molecule has 2 amide bonds. The number of nitrogens with one attached hydrogen (secondary N) is 1. The van der Waals surface area contributed by atoms with Crippen molar-refractivity contribution in [3.63, 3.8) is 0 Å². The van der Waals surface area contributed by atoms with Crippen LogP contribution in [0.1, 0.15) is 25.0 Å². The summed E-state index contributed by atoms with van der Waals surface area (Å²) >= 11 is 5.26. The maximum Gasteiger partial charge on any atom is 0.344 e. The highest BCUT2D eigenvalue weighted by Crippen LogP contribution is 2.28. The molecule has 0 saturated carbocycles. The second-order valence-electron chi connectivity index (χ2n) is 6.58. The summed E-state index contributed by atoms with van der Waals surface area (Å²) < 4.78 is 5.46. The molecule has 8 heteroatoms. The lowest BCUT2D eigenvalue weighted by atomic mass is 10.0. The largest absolute Gasteiger partial charge is 0.479 e. The van der Waals surface area contributed by atoms with Crippen molar-refractivity contribution in [3.8, 4) is 5.75 Å². The maximum atomic E-state index is 13.2. The van der Waals surface area contributed by atoms with E-state index in [9.17, 15) is 14.4 Å². The second-order valence-corrected chi connectivity index (χ2v) is 6.96. The number of hydrogen-bond acceptors (Lipinski definition) is 5. The van der Waals surface area contributed by atoms with Gasteiger partial charge in [0.15, 0.2) is 11.2 Å². The van der Waals surface area contributed by atoms with Crippen molar-refractivity contribution in [3.05, 3.63) is 65.2 Å². The van der Waals surface area contributed by atoms with Gasteiger partial charge in [0, 0.05) is 5.56 Å². The van der Waals surface area contributed by atoms with Crippen molar-refractivity contribution in [1.29, 1.82) is 0 Å². The molecule has 7 nitrogen and oxygen atoms in total. The Kier molecular flexibility index (Phi) is 6.27. The number of aryl methyl sites for hydroxylation is 1. The van der Waals surface area contributed by atoms with Gasteiger partial charge in [-0.1, -0.05) is 43.3 Å². The van der Waals surface area contributed by atoms with Gasteiger partial charge in [-0.15, -0.1) is 0 Å². The fourth-order valence-electron chi connectivity index (χ4n) is 3.01. The first-order chi connectivity index (χ1) is 14.3. The number of carboxylic acids is 1. The van der Waals surface area contributed by atoms with Gasteiger partial charge in [-0.3, -0.25) is 19.8 Å². The third-order valence-electron chi connectivity index (χ3n) is 4.59. The van der Waals surface area contributed by atoms with E-state index in [-0.39, 0.29) is 16.4 Å². The molecule has 0 spiro atoms. The van der Waals surface area contributed by atoms with Crippen LogP contribution in [0.15, 0.2) is 54.1 Å². The number of thiocarbonyl (C=S) groups is 1. The van der Waals surface area contributed by atoms with Gasteiger partial charge in [0.2, 0.25) is 0 Å². The van der Waals surface area contributed by atoms with Crippen LogP contribution in [0.25, 0.3) is 6.08 Å². The molecule has 154 valence electrons. The average Bonchev–Trinajstić information content (AvgIpc) is 2.72. The van der Waals surface area contributed by atoms with E-state index in [1.54, 1.807) is 36.4 Å². The number of rotatable bonds is 6. The van der Waals surface area contributed by atoms with E-state index in [2.05, 4.69) is 5.32 Å². The van der Waals surface area contributed by atoms with E-state index in [0.717, 1.165) is 5.56 Å². The van der Waals surface area contributed by atoms with E-state index >= 15 is 0 Å². The molecule has 30 heavy (non-hydrogen) atoms. The van der Waals surface area contributed by atoms with Gasteiger partial charge in [-0.2, -0.15) is 0 Å². The summed E-state index contributed by atoms with van der Waals surface area (Å²) in [5, 5.41) is 11.7. The summed E-state index contributed by atoms with van der Waals surface area (Å²) in [5.74, 6) is -2.08. The van der Waals surface area contributed by atoms with E-state index in [1.807, 2.05) is 19.1 Å². The standard InChI is InChI=1S/C22H20N2O5S/c1-3-14-8-4-6-10-17(14)24-20(26)16(19(25)23-22(24)30)12-15-9-5-7-11-18(15)29-13(2)21(27)28/h4-13H,3H2,1-2H3,(H,27,28)(H,23,25,30)/b16-12+/t13-/m1/s1. The highest BCUT2D eigenvalue weighted by molar-refractivity contribution is 7.80. The van der Waals surface area contributed by atoms with Gasteiger partial charge in [0.25, 0.3) is 11.8 Å². The fourth-order valence-corrected chi connectivity index (χ4v) is 3.28. The molecular formula is C22H20N2O5S. The van der Waals surface area contributed by atoms with Gasteiger partial charge in [-0.05, 0) is 49.3 Å². The number of carboxylic acid groups (broad SMARTS) is 1. The van der Waals surface area contributed by atoms with Crippen molar-refractivity contribution >= 4 is 46.9 Å². The van der Waals surface area contributed by atoms with Crippen molar-refractivity contribution < 1.29 is 24.2 Å². The van der Waals surface area contributed by atoms with Crippen LogP contribution in [0, 0.1) is 0 Å². The van der Waals surface area contributed by atoms with Crippen molar-refractivity contribution in [2.75, 3.05) is 4.90 Å². The number of ether oxygens (including phenoxy) is 1. The normalized spacial score (nSPS) is 16.4. The SMILES string of the molecule is CCc1ccccc1N1C(=O)/C(=C/c2ccccc2O[C@H](C)C(=O)O)C(=O)NC1=S. The molecule has 0 radical (unpaired) electrons. The number of nitrogens with zero attached hydrogens (tertiary/aromatic N) is 1. The number of benzene rings is 2. The Balaban J connectivity index is 2.03. The first-order valence-electron chi connectivity index (χ1n) is 9.31. The predicted molar refractivity (Wildman–Crippen MR) is 116 cm³/mol. The van der Waals surface area contributed by atoms with Crippen LogP contribution < -0.4 is 15.0 Å². The number of hydrogen-bond donors (Lipinski definition) is 2. The van der Waals surface area contributed by atoms with Crippen LogP contribution in [0.3, 0.4) is 0 Å². The minimum atomic E-state index is -1.13. The van der Waals surface area contributed by atoms with Gasteiger partial charge in [-0.25, -0.2) is 4.79 Å². The lowest BCUT2D eigenvalue weighted by molar-refractivity contribution is -0.144. The number of para-hydroxylation sites is 2. The third kappa shape index (κ3) is 4.23. The number of carbonyl (C=O) groups excluding carboxylic acids is 2. The number of anilines is 1. The predicted octanol–water partition coefficient (Wildman–Crippen LogP) is 2.93. The molecule has 3 rings (SSSR count). The zero-order valence-corrected chi connectivity index (χ0v) is 17.2. The van der Waals surface area contributed by atoms with Crippen LogP contribution in [-0.4, -0.2) is 34.1 Å². The molecule has 1 heterocycles. The van der Waals surface area contributed by atoms with Crippen LogP contribution in [0.4, 0.5) is 5.69 Å². The molecular weight excluding hydrogens is 404 g/mol. The molecule has 1 saturated heterocycles. The molecule has 2 aromatic rings. The highest BCUT2D eigenvalue weighted by Gasteiger charge is 2.35. The summed E-state index contributed by atoms with van der Waals surface area (Å²) in [6.07, 6.45) is 0.963. The van der Waals surface area contributed by atoms with E-state index in [1.165, 1.54) is 17.9 Å². The molecule has 1 aliphatic heterocycles. The molecule has 1 fully saturated rings. The summed E-state index contributed by atoms with van der Waals surface area (Å²) in [7, 11) is 0. The highest BCUT2D eigenvalue weighted by atomic mass is 32.1. The molecule has 0 unspecified atom stereocenters. The summed E-state index contributed by atoms with van der Waals surface area (Å²) in [4.78, 5) is 38.2. The summed E-state index contributed by atoms with van der Waals surface area (Å²) in [6, 6.07) is 13.9. The van der Waals surface area contributed by atoms with Crippen LogP contribution in [-0.2, 0) is 20.8 Å². The minimum absolute atomic E-state index is 0.00656. The number of amides is 2. The Bertz CT molecular complexity index is 1060. The molecule has 2 aromatic carbocycles. The van der Waals surface area contributed by atoms with Gasteiger partial charge < -0.3 is 9.84 Å². The van der Waals surface area contributed by atoms with E-state index < -0.39 is 23.9 Å². The number of aliphatic carboxylic acids is 1. The smallest absolute Gasteiger partial charge is 0.344 e. The van der Waals surface area contributed by atoms with Crippen LogP contribution >= 0.6 is 12.2 Å². The summed E-state index contributed by atoms with van der Waals surface area (Å²) in [5.41, 5.74) is 1.78. The quantitative estimate of drug-likeness (QED) is 0.421. The lowest BCUT2D eigenvalue weighted by Crippen LogP contribution is -2.54. The third-order valence-corrected chi connectivity index (χ3v) is 4.87. The topological polar surface area (TPSA) is 95.9 Å². The van der Waals surface area contributed by atoms with Gasteiger partial charge in [0.05, 0.1) is 5.69 Å². The Hall–Kier alpha value is -3.52. The Labute approximate surface area is 179 Å². The molecule has 0 aromatic heterocycles. The summed E-state index contributed by atoms with van der Waals surface area (Å²) in [6.45, 7) is 3.36. The Morgan fingerprint density at radius 1 is 1.20 bits per heavy atom. The monoisotopic (exact) mass is 424 g/mol. The zero-order chi connectivity index (χ0) is 21.8. The molecule has 1 aliphatic rings. The zero-order valence-electron chi connectivity index (χ0n) is 16.4. The van der Waals surface area contributed by atoms with Crippen LogP contribution in [0.2, 0.25) is 0 Å².